The fraction of sp³-hybridized carbons (Fsp3) is 0.500. The number of hydrogen-bond acceptors (Lipinski definition) is 2. The molecule has 0 spiro atoms. The van der Waals surface area contributed by atoms with Crippen molar-refractivity contribution < 1.29 is 23.0 Å². The highest BCUT2D eigenvalue weighted by Crippen LogP contribution is 2.34. The minimum absolute atomic E-state index is 0.109. The van der Waals surface area contributed by atoms with Crippen LogP contribution in [0.3, 0.4) is 0 Å². The van der Waals surface area contributed by atoms with Gasteiger partial charge in [0, 0.05) is 17.9 Å². The van der Waals surface area contributed by atoms with Crippen LogP contribution in [0.1, 0.15) is 17.5 Å². The van der Waals surface area contributed by atoms with Gasteiger partial charge in [0.2, 0.25) is 0 Å². The van der Waals surface area contributed by atoms with Crippen molar-refractivity contribution in [2.45, 2.75) is 31.5 Å². The summed E-state index contributed by atoms with van der Waals surface area (Å²) in [6, 6.07) is 3.29. The quantitative estimate of drug-likeness (QED) is 0.922. The van der Waals surface area contributed by atoms with Crippen LogP contribution < -0.4 is 4.74 Å². The van der Waals surface area contributed by atoms with Crippen molar-refractivity contribution in [3.8, 4) is 5.75 Å². The summed E-state index contributed by atoms with van der Waals surface area (Å²) < 4.78 is 41.8. The SMILES string of the molecule is OC(Cc1cc(Cl)cc2c1OCC2)CC(F)(F)F. The van der Waals surface area contributed by atoms with E-state index in [1.165, 1.54) is 0 Å². The number of ether oxygens (including phenoxy) is 1. The summed E-state index contributed by atoms with van der Waals surface area (Å²) in [6.45, 7) is 0.498. The molecule has 1 atom stereocenters. The molecular weight excluding hydrogens is 269 g/mol. The maximum atomic E-state index is 12.1. The molecular formula is C12H12ClF3O2. The van der Waals surface area contributed by atoms with Gasteiger partial charge in [0.15, 0.2) is 0 Å². The molecule has 0 fully saturated rings. The number of benzene rings is 1. The molecule has 0 aromatic heterocycles. The molecule has 0 aliphatic carbocycles. The first-order valence-electron chi connectivity index (χ1n) is 5.54. The molecule has 6 heteroatoms. The predicted molar refractivity (Wildman–Crippen MR) is 61.0 cm³/mol. The lowest BCUT2D eigenvalue weighted by atomic mass is 10.0. The molecule has 18 heavy (non-hydrogen) atoms. The molecule has 1 aliphatic rings. The second-order valence-electron chi connectivity index (χ2n) is 4.33. The van der Waals surface area contributed by atoms with Crippen LogP contribution in [0.15, 0.2) is 12.1 Å². The lowest BCUT2D eigenvalue weighted by molar-refractivity contribution is -0.153. The van der Waals surface area contributed by atoms with Crippen LogP contribution in [-0.2, 0) is 12.8 Å². The van der Waals surface area contributed by atoms with E-state index in [2.05, 4.69) is 0 Å². The Morgan fingerprint density at radius 2 is 2.11 bits per heavy atom. The molecule has 0 saturated carbocycles. The normalized spacial score (nSPS) is 16.3. The summed E-state index contributed by atoms with van der Waals surface area (Å²) in [4.78, 5) is 0. The zero-order valence-corrected chi connectivity index (χ0v) is 10.2. The maximum absolute atomic E-state index is 12.1. The summed E-state index contributed by atoms with van der Waals surface area (Å²) in [5.74, 6) is 0.570. The Kier molecular flexibility index (Phi) is 3.73. The molecule has 1 aromatic rings. The fourth-order valence-corrected chi connectivity index (χ4v) is 2.35. The van der Waals surface area contributed by atoms with Crippen LogP contribution >= 0.6 is 11.6 Å². The summed E-state index contributed by atoms with van der Waals surface area (Å²) in [5, 5.41) is 9.89. The van der Waals surface area contributed by atoms with Gasteiger partial charge in [-0.2, -0.15) is 13.2 Å². The second-order valence-corrected chi connectivity index (χ2v) is 4.77. The Labute approximate surface area is 107 Å². The highest BCUT2D eigenvalue weighted by atomic mass is 35.5. The number of rotatable bonds is 3. The zero-order valence-electron chi connectivity index (χ0n) is 9.43. The highest BCUT2D eigenvalue weighted by molar-refractivity contribution is 6.30. The van der Waals surface area contributed by atoms with Crippen molar-refractivity contribution in [1.29, 1.82) is 0 Å². The summed E-state index contributed by atoms with van der Waals surface area (Å²) in [7, 11) is 0. The number of aliphatic hydroxyl groups is 1. The molecule has 1 heterocycles. The third-order valence-electron chi connectivity index (χ3n) is 2.75. The number of hydrogen-bond donors (Lipinski definition) is 1. The van der Waals surface area contributed by atoms with Crippen molar-refractivity contribution in [2.24, 2.45) is 0 Å². The molecule has 2 nitrogen and oxygen atoms in total. The molecule has 1 aliphatic heterocycles. The Morgan fingerprint density at radius 1 is 1.39 bits per heavy atom. The lowest BCUT2D eigenvalue weighted by Gasteiger charge is -2.15. The van der Waals surface area contributed by atoms with Crippen LogP contribution in [0.2, 0.25) is 5.02 Å². The minimum atomic E-state index is -4.37. The molecule has 2 rings (SSSR count). The first-order chi connectivity index (χ1) is 8.35. The molecule has 1 unspecified atom stereocenters. The minimum Gasteiger partial charge on any atom is -0.493 e. The van der Waals surface area contributed by atoms with Gasteiger partial charge < -0.3 is 9.84 Å². The van der Waals surface area contributed by atoms with Crippen LogP contribution in [-0.4, -0.2) is 24.0 Å². The molecule has 1 aromatic carbocycles. The van der Waals surface area contributed by atoms with Gasteiger partial charge in [-0.15, -0.1) is 0 Å². The first kappa shape index (κ1) is 13.5. The van der Waals surface area contributed by atoms with E-state index in [4.69, 9.17) is 16.3 Å². The van der Waals surface area contributed by atoms with Gasteiger partial charge >= 0.3 is 6.18 Å². The smallest absolute Gasteiger partial charge is 0.391 e. The van der Waals surface area contributed by atoms with Gasteiger partial charge in [-0.05, 0) is 23.3 Å². The number of aliphatic hydroxyl groups excluding tert-OH is 1. The molecule has 0 saturated heterocycles. The van der Waals surface area contributed by atoms with Gasteiger partial charge in [0.05, 0.1) is 19.1 Å². The van der Waals surface area contributed by atoms with E-state index < -0.39 is 18.7 Å². The van der Waals surface area contributed by atoms with Gasteiger partial charge in [0.25, 0.3) is 0 Å². The van der Waals surface area contributed by atoms with Gasteiger partial charge in [-0.1, -0.05) is 11.6 Å². The van der Waals surface area contributed by atoms with Crippen molar-refractivity contribution in [3.05, 3.63) is 28.3 Å². The van der Waals surface area contributed by atoms with E-state index in [0.29, 0.717) is 29.4 Å². The average molecular weight is 281 g/mol. The zero-order chi connectivity index (χ0) is 13.3. The third kappa shape index (κ3) is 3.29. The topological polar surface area (TPSA) is 29.5 Å². The van der Waals surface area contributed by atoms with Crippen molar-refractivity contribution in [2.75, 3.05) is 6.61 Å². The molecule has 1 N–H and O–H groups in total. The van der Waals surface area contributed by atoms with E-state index in [9.17, 15) is 18.3 Å². The summed E-state index contributed by atoms with van der Waals surface area (Å²) in [5.41, 5.74) is 1.42. The third-order valence-corrected chi connectivity index (χ3v) is 2.97. The molecule has 0 radical (unpaired) electrons. The van der Waals surface area contributed by atoms with Gasteiger partial charge in [-0.3, -0.25) is 0 Å². The second kappa shape index (κ2) is 4.97. The van der Waals surface area contributed by atoms with E-state index in [1.54, 1.807) is 12.1 Å². The molecule has 0 bridgehead atoms. The Hall–Kier alpha value is -0.940. The highest BCUT2D eigenvalue weighted by Gasteiger charge is 2.32. The fourth-order valence-electron chi connectivity index (χ4n) is 2.09. The Morgan fingerprint density at radius 3 is 2.78 bits per heavy atom. The number of halogens is 4. The van der Waals surface area contributed by atoms with E-state index in [1.807, 2.05) is 0 Å². The first-order valence-corrected chi connectivity index (χ1v) is 5.92. The van der Waals surface area contributed by atoms with Crippen LogP contribution in [0.4, 0.5) is 13.2 Å². The van der Waals surface area contributed by atoms with Crippen LogP contribution in [0.25, 0.3) is 0 Å². The Balaban J connectivity index is 2.14. The monoisotopic (exact) mass is 280 g/mol. The number of fused-ring (bicyclic) bond motifs is 1. The standard InChI is InChI=1S/C12H12ClF3O2/c13-9-3-7-1-2-18-11(7)8(4-9)5-10(17)6-12(14,15)16/h3-4,10,17H,1-2,5-6H2. The lowest BCUT2D eigenvalue weighted by Crippen LogP contribution is -2.21. The maximum Gasteiger partial charge on any atom is 0.391 e. The van der Waals surface area contributed by atoms with Crippen molar-refractivity contribution in [3.63, 3.8) is 0 Å². The largest absolute Gasteiger partial charge is 0.493 e. The van der Waals surface area contributed by atoms with Crippen LogP contribution in [0, 0.1) is 0 Å². The van der Waals surface area contributed by atoms with E-state index in [0.717, 1.165) is 5.56 Å². The van der Waals surface area contributed by atoms with E-state index >= 15 is 0 Å². The van der Waals surface area contributed by atoms with Gasteiger partial charge in [0.1, 0.15) is 5.75 Å². The average Bonchev–Trinajstić information content (AvgIpc) is 2.61. The van der Waals surface area contributed by atoms with Crippen LogP contribution in [0.5, 0.6) is 5.75 Å². The predicted octanol–water partition coefficient (Wildman–Crippen LogP) is 3.13. The molecule has 100 valence electrons. The summed E-state index contributed by atoms with van der Waals surface area (Å²) in [6.07, 6.45) is -6.49. The van der Waals surface area contributed by atoms with Crippen molar-refractivity contribution >= 4 is 11.6 Å². The van der Waals surface area contributed by atoms with E-state index in [-0.39, 0.29) is 6.42 Å². The number of alkyl halides is 3. The van der Waals surface area contributed by atoms with Gasteiger partial charge in [-0.25, -0.2) is 0 Å². The summed E-state index contributed by atoms with van der Waals surface area (Å²) >= 11 is 5.89. The van der Waals surface area contributed by atoms with Crippen molar-refractivity contribution in [1.82, 2.24) is 0 Å². The molecule has 0 amide bonds. The Bertz CT molecular complexity index is 446.